The highest BCUT2D eigenvalue weighted by Gasteiger charge is 2.10. The van der Waals surface area contributed by atoms with E-state index in [1.165, 1.54) is 5.56 Å². The Balaban J connectivity index is 2.08. The van der Waals surface area contributed by atoms with Gasteiger partial charge in [-0.1, -0.05) is 19.9 Å². The number of aromatic carboxylic acids is 1. The molecule has 0 aliphatic heterocycles. The summed E-state index contributed by atoms with van der Waals surface area (Å²) in [4.78, 5) is 14.8. The molecule has 0 saturated heterocycles. The minimum absolute atomic E-state index is 0.0933. The predicted octanol–water partition coefficient (Wildman–Crippen LogP) is 3.85. The summed E-state index contributed by atoms with van der Waals surface area (Å²) in [5.74, 6) is 0.229. The fourth-order valence-electron chi connectivity index (χ4n) is 1.82. The van der Waals surface area contributed by atoms with Gasteiger partial charge >= 0.3 is 5.97 Å². The number of carboxylic acids is 1. The van der Waals surface area contributed by atoms with E-state index in [1.54, 1.807) is 5.38 Å². The minimum atomic E-state index is -1.00. The largest absolute Gasteiger partial charge is 0.487 e. The van der Waals surface area contributed by atoms with E-state index in [9.17, 15) is 4.79 Å². The fraction of sp³-hybridized carbons (Fsp3) is 0.333. The SMILES string of the molecule is Cc1cc(OCc2csc(C(=O)O)n2)cc(C(C)C)c1. The van der Waals surface area contributed by atoms with Crippen LogP contribution < -0.4 is 4.74 Å². The highest BCUT2D eigenvalue weighted by Crippen LogP contribution is 2.23. The minimum Gasteiger partial charge on any atom is -0.487 e. The Kier molecular flexibility index (Phi) is 4.39. The Morgan fingerprint density at radius 3 is 2.75 bits per heavy atom. The quantitative estimate of drug-likeness (QED) is 0.909. The molecule has 0 atom stereocenters. The lowest BCUT2D eigenvalue weighted by Crippen LogP contribution is -2.00. The van der Waals surface area contributed by atoms with Crippen LogP contribution in [0.4, 0.5) is 0 Å². The normalized spacial score (nSPS) is 10.8. The molecule has 0 unspecified atom stereocenters. The third kappa shape index (κ3) is 3.57. The standard InChI is InChI=1S/C15H17NO3S/c1-9(2)11-4-10(3)5-13(6-11)19-7-12-8-20-14(16-12)15(17)18/h4-6,8-9H,7H2,1-3H3,(H,17,18). The maximum atomic E-state index is 10.8. The zero-order valence-corrected chi connectivity index (χ0v) is 12.5. The molecule has 0 amide bonds. The Morgan fingerprint density at radius 1 is 1.40 bits per heavy atom. The Morgan fingerprint density at radius 2 is 2.15 bits per heavy atom. The van der Waals surface area contributed by atoms with E-state index >= 15 is 0 Å². The molecule has 1 aromatic heterocycles. The van der Waals surface area contributed by atoms with Gasteiger partial charge in [0.1, 0.15) is 12.4 Å². The van der Waals surface area contributed by atoms with Crippen LogP contribution in [-0.2, 0) is 6.61 Å². The van der Waals surface area contributed by atoms with E-state index in [1.807, 2.05) is 19.1 Å². The molecule has 0 spiro atoms. The van der Waals surface area contributed by atoms with Crippen LogP contribution in [0.2, 0.25) is 0 Å². The third-order valence-corrected chi connectivity index (χ3v) is 3.74. The van der Waals surface area contributed by atoms with Gasteiger partial charge in [0.15, 0.2) is 0 Å². The number of benzene rings is 1. The summed E-state index contributed by atoms with van der Waals surface area (Å²) in [5, 5.41) is 10.6. The number of aromatic nitrogens is 1. The second-order valence-electron chi connectivity index (χ2n) is 4.97. The summed E-state index contributed by atoms with van der Waals surface area (Å²) in [6.45, 7) is 6.59. The first kappa shape index (κ1) is 14.5. The van der Waals surface area contributed by atoms with Crippen LogP contribution >= 0.6 is 11.3 Å². The molecule has 1 heterocycles. The van der Waals surface area contributed by atoms with Crippen LogP contribution in [0.15, 0.2) is 23.6 Å². The molecule has 0 aliphatic rings. The van der Waals surface area contributed by atoms with Crippen LogP contribution in [0.1, 0.15) is 46.4 Å². The lowest BCUT2D eigenvalue weighted by Gasteiger charge is -2.11. The van der Waals surface area contributed by atoms with Crippen molar-refractivity contribution in [1.29, 1.82) is 0 Å². The summed E-state index contributed by atoms with van der Waals surface area (Å²) >= 11 is 1.11. The molecule has 0 fully saturated rings. The molecule has 0 saturated carbocycles. The maximum absolute atomic E-state index is 10.8. The lowest BCUT2D eigenvalue weighted by molar-refractivity contribution is 0.0696. The van der Waals surface area contributed by atoms with Crippen molar-refractivity contribution in [3.05, 3.63) is 45.4 Å². The topological polar surface area (TPSA) is 59.4 Å². The zero-order chi connectivity index (χ0) is 14.7. The molecule has 4 nitrogen and oxygen atoms in total. The molecular weight excluding hydrogens is 274 g/mol. The average molecular weight is 291 g/mol. The Bertz CT molecular complexity index is 619. The first-order chi connectivity index (χ1) is 9.45. The van der Waals surface area contributed by atoms with Gasteiger partial charge in [0.2, 0.25) is 5.01 Å². The second-order valence-corrected chi connectivity index (χ2v) is 5.83. The number of carbonyl (C=O) groups is 1. The van der Waals surface area contributed by atoms with Crippen LogP contribution in [0.3, 0.4) is 0 Å². The first-order valence-corrected chi connectivity index (χ1v) is 7.25. The van der Waals surface area contributed by atoms with Crippen molar-refractivity contribution >= 4 is 17.3 Å². The smallest absolute Gasteiger partial charge is 0.365 e. The number of nitrogens with zero attached hydrogens (tertiary/aromatic N) is 1. The summed E-state index contributed by atoms with van der Waals surface area (Å²) in [6.07, 6.45) is 0. The number of hydrogen-bond acceptors (Lipinski definition) is 4. The molecule has 106 valence electrons. The average Bonchev–Trinajstić information content (AvgIpc) is 2.84. The van der Waals surface area contributed by atoms with E-state index in [0.717, 1.165) is 22.6 Å². The number of ether oxygens (including phenoxy) is 1. The van der Waals surface area contributed by atoms with E-state index in [0.29, 0.717) is 11.6 Å². The van der Waals surface area contributed by atoms with Gasteiger partial charge in [-0.15, -0.1) is 11.3 Å². The number of thiazole rings is 1. The molecule has 1 aromatic carbocycles. The van der Waals surface area contributed by atoms with Gasteiger partial charge in [0, 0.05) is 5.38 Å². The van der Waals surface area contributed by atoms with Gasteiger partial charge in [-0.25, -0.2) is 9.78 Å². The van der Waals surface area contributed by atoms with Crippen molar-refractivity contribution in [2.75, 3.05) is 0 Å². The van der Waals surface area contributed by atoms with E-state index < -0.39 is 5.97 Å². The molecule has 5 heteroatoms. The predicted molar refractivity (Wildman–Crippen MR) is 78.7 cm³/mol. The van der Waals surface area contributed by atoms with Crippen molar-refractivity contribution in [2.24, 2.45) is 0 Å². The van der Waals surface area contributed by atoms with Gasteiger partial charge in [-0.2, -0.15) is 0 Å². The van der Waals surface area contributed by atoms with Crippen LogP contribution in [0.25, 0.3) is 0 Å². The van der Waals surface area contributed by atoms with Crippen molar-refractivity contribution in [1.82, 2.24) is 4.98 Å². The zero-order valence-electron chi connectivity index (χ0n) is 11.7. The summed E-state index contributed by atoms with van der Waals surface area (Å²) in [7, 11) is 0. The van der Waals surface area contributed by atoms with Crippen molar-refractivity contribution < 1.29 is 14.6 Å². The van der Waals surface area contributed by atoms with E-state index in [-0.39, 0.29) is 11.6 Å². The summed E-state index contributed by atoms with van der Waals surface area (Å²) in [5.41, 5.74) is 3.01. The highest BCUT2D eigenvalue weighted by atomic mass is 32.1. The second kappa shape index (κ2) is 6.05. The van der Waals surface area contributed by atoms with Crippen molar-refractivity contribution in [3.8, 4) is 5.75 Å². The molecule has 0 aliphatic carbocycles. The number of aryl methyl sites for hydroxylation is 1. The van der Waals surface area contributed by atoms with Gasteiger partial charge in [-0.3, -0.25) is 0 Å². The molecule has 20 heavy (non-hydrogen) atoms. The Labute approximate surface area is 122 Å². The van der Waals surface area contributed by atoms with Gasteiger partial charge in [0.25, 0.3) is 0 Å². The van der Waals surface area contributed by atoms with Crippen molar-refractivity contribution in [3.63, 3.8) is 0 Å². The van der Waals surface area contributed by atoms with Gasteiger partial charge in [-0.05, 0) is 36.1 Å². The fourth-order valence-corrected chi connectivity index (χ4v) is 2.46. The molecule has 0 bridgehead atoms. The van der Waals surface area contributed by atoms with Crippen LogP contribution in [0.5, 0.6) is 5.75 Å². The monoisotopic (exact) mass is 291 g/mol. The first-order valence-electron chi connectivity index (χ1n) is 6.38. The lowest BCUT2D eigenvalue weighted by atomic mass is 10.0. The summed E-state index contributed by atoms with van der Waals surface area (Å²) in [6, 6.07) is 6.13. The van der Waals surface area contributed by atoms with E-state index in [2.05, 4.69) is 24.9 Å². The number of rotatable bonds is 5. The molecule has 1 N–H and O–H groups in total. The van der Waals surface area contributed by atoms with Crippen LogP contribution in [-0.4, -0.2) is 16.1 Å². The Hall–Kier alpha value is -1.88. The maximum Gasteiger partial charge on any atom is 0.365 e. The van der Waals surface area contributed by atoms with Crippen LogP contribution in [0, 0.1) is 6.92 Å². The molecule has 2 aromatic rings. The molecule has 2 rings (SSSR count). The summed E-state index contributed by atoms with van der Waals surface area (Å²) < 4.78 is 5.71. The van der Waals surface area contributed by atoms with E-state index in [4.69, 9.17) is 9.84 Å². The molecule has 0 radical (unpaired) electrons. The van der Waals surface area contributed by atoms with Gasteiger partial charge < -0.3 is 9.84 Å². The number of carboxylic acid groups (broad SMARTS) is 1. The van der Waals surface area contributed by atoms with Gasteiger partial charge in [0.05, 0.1) is 5.69 Å². The molecular formula is C15H17NO3S. The number of hydrogen-bond donors (Lipinski definition) is 1. The third-order valence-electron chi connectivity index (χ3n) is 2.86. The highest BCUT2D eigenvalue weighted by molar-refractivity contribution is 7.11. The van der Waals surface area contributed by atoms with Crippen molar-refractivity contribution in [2.45, 2.75) is 33.3 Å².